The highest BCUT2D eigenvalue weighted by Crippen LogP contribution is 2.29. The Labute approximate surface area is 136 Å². The lowest BCUT2D eigenvalue weighted by Crippen LogP contribution is -2.24. The summed E-state index contributed by atoms with van der Waals surface area (Å²) < 4.78 is 5.75. The first-order valence-corrected chi connectivity index (χ1v) is 8.68. The van der Waals surface area contributed by atoms with E-state index in [0.717, 1.165) is 17.9 Å². The van der Waals surface area contributed by atoms with Gasteiger partial charge in [-0.1, -0.05) is 18.7 Å². The summed E-state index contributed by atoms with van der Waals surface area (Å²) in [5.74, 6) is 1.92. The van der Waals surface area contributed by atoms with Crippen molar-refractivity contribution in [1.82, 2.24) is 0 Å². The van der Waals surface area contributed by atoms with Crippen LogP contribution in [-0.4, -0.2) is 29.4 Å². The molecule has 1 aliphatic heterocycles. The molecule has 0 N–H and O–H groups in total. The summed E-state index contributed by atoms with van der Waals surface area (Å²) >= 11 is 1.30. The average molecular weight is 321 g/mol. The molecule has 5 heteroatoms. The van der Waals surface area contributed by atoms with Crippen molar-refractivity contribution >= 4 is 28.5 Å². The SMILES string of the molecule is CCC(C)Oc1ccc(N2CC(CSC(C)=O)CC2=O)cc1. The van der Waals surface area contributed by atoms with Crippen LogP contribution < -0.4 is 9.64 Å². The Kier molecular flexibility index (Phi) is 5.89. The molecule has 1 heterocycles. The minimum Gasteiger partial charge on any atom is -0.491 e. The molecule has 1 aliphatic rings. The summed E-state index contributed by atoms with van der Waals surface area (Å²) in [6.07, 6.45) is 1.67. The van der Waals surface area contributed by atoms with Gasteiger partial charge in [-0.05, 0) is 43.5 Å². The van der Waals surface area contributed by atoms with Gasteiger partial charge >= 0.3 is 0 Å². The Morgan fingerprint density at radius 2 is 2.09 bits per heavy atom. The van der Waals surface area contributed by atoms with Crippen LogP contribution in [0.15, 0.2) is 24.3 Å². The van der Waals surface area contributed by atoms with Gasteiger partial charge in [0.05, 0.1) is 6.10 Å². The maximum absolute atomic E-state index is 12.1. The molecule has 0 aromatic heterocycles. The lowest BCUT2D eigenvalue weighted by atomic mass is 10.1. The van der Waals surface area contributed by atoms with E-state index in [9.17, 15) is 9.59 Å². The normalized spacial score (nSPS) is 19.3. The maximum atomic E-state index is 12.1. The van der Waals surface area contributed by atoms with Crippen molar-refractivity contribution in [3.63, 3.8) is 0 Å². The van der Waals surface area contributed by atoms with E-state index in [-0.39, 0.29) is 23.0 Å². The summed E-state index contributed by atoms with van der Waals surface area (Å²) in [5, 5.41) is 0.109. The molecule has 2 unspecified atom stereocenters. The van der Waals surface area contributed by atoms with Crippen LogP contribution in [0.5, 0.6) is 5.75 Å². The zero-order valence-corrected chi connectivity index (χ0v) is 14.2. The molecule has 1 fully saturated rings. The number of hydrogen-bond acceptors (Lipinski definition) is 4. The van der Waals surface area contributed by atoms with Gasteiger partial charge in [-0.25, -0.2) is 0 Å². The molecule has 1 amide bonds. The van der Waals surface area contributed by atoms with Crippen molar-refractivity contribution in [3.05, 3.63) is 24.3 Å². The van der Waals surface area contributed by atoms with Crippen molar-refractivity contribution < 1.29 is 14.3 Å². The average Bonchev–Trinajstić information content (AvgIpc) is 2.87. The standard InChI is InChI=1S/C17H23NO3S/c1-4-12(2)21-16-7-5-15(6-8-16)18-10-14(9-17(18)20)11-22-13(3)19/h5-8,12,14H,4,9-11H2,1-3H3. The smallest absolute Gasteiger partial charge is 0.227 e. The number of carbonyl (C=O) groups is 2. The minimum atomic E-state index is 0.109. The van der Waals surface area contributed by atoms with Crippen LogP contribution in [0.3, 0.4) is 0 Å². The van der Waals surface area contributed by atoms with Gasteiger partial charge in [0.15, 0.2) is 5.12 Å². The lowest BCUT2D eigenvalue weighted by molar-refractivity contribution is -0.117. The van der Waals surface area contributed by atoms with Gasteiger partial charge in [-0.2, -0.15) is 0 Å². The fraction of sp³-hybridized carbons (Fsp3) is 0.529. The summed E-state index contributed by atoms with van der Waals surface area (Å²) in [7, 11) is 0. The van der Waals surface area contributed by atoms with Gasteiger partial charge in [0.25, 0.3) is 0 Å². The lowest BCUT2D eigenvalue weighted by Gasteiger charge is -2.18. The first-order chi connectivity index (χ1) is 10.5. The Morgan fingerprint density at radius 1 is 1.41 bits per heavy atom. The Balaban J connectivity index is 1.96. The maximum Gasteiger partial charge on any atom is 0.227 e. The summed E-state index contributed by atoms with van der Waals surface area (Å²) in [6, 6.07) is 7.67. The van der Waals surface area contributed by atoms with Crippen LogP contribution in [0.25, 0.3) is 0 Å². The van der Waals surface area contributed by atoms with Gasteiger partial charge in [0, 0.05) is 31.3 Å². The Bertz CT molecular complexity index is 529. The van der Waals surface area contributed by atoms with Crippen LogP contribution in [0.4, 0.5) is 5.69 Å². The molecule has 22 heavy (non-hydrogen) atoms. The molecule has 1 aromatic rings. The van der Waals surface area contributed by atoms with Gasteiger partial charge in [0.1, 0.15) is 5.75 Å². The molecule has 2 rings (SSSR count). The highest BCUT2D eigenvalue weighted by Gasteiger charge is 2.30. The number of thioether (sulfide) groups is 1. The van der Waals surface area contributed by atoms with Gasteiger partial charge in [0.2, 0.25) is 5.91 Å². The first kappa shape index (κ1) is 16.9. The van der Waals surface area contributed by atoms with E-state index in [1.165, 1.54) is 11.8 Å². The van der Waals surface area contributed by atoms with E-state index >= 15 is 0 Å². The van der Waals surface area contributed by atoms with Crippen molar-refractivity contribution in [1.29, 1.82) is 0 Å². The summed E-state index contributed by atoms with van der Waals surface area (Å²) in [6.45, 7) is 6.37. The third kappa shape index (κ3) is 4.50. The van der Waals surface area contributed by atoms with Crippen molar-refractivity contribution in [2.45, 2.75) is 39.7 Å². The third-order valence-corrected chi connectivity index (χ3v) is 4.83. The molecule has 1 saturated heterocycles. The van der Waals surface area contributed by atoms with Crippen LogP contribution in [0.1, 0.15) is 33.6 Å². The number of ether oxygens (including phenoxy) is 1. The second-order valence-electron chi connectivity index (χ2n) is 5.71. The number of rotatable bonds is 6. The summed E-state index contributed by atoms with van der Waals surface area (Å²) in [4.78, 5) is 25.0. The largest absolute Gasteiger partial charge is 0.491 e. The fourth-order valence-corrected chi connectivity index (χ4v) is 3.09. The zero-order chi connectivity index (χ0) is 16.1. The molecule has 0 radical (unpaired) electrons. The van der Waals surface area contributed by atoms with E-state index in [0.29, 0.717) is 18.7 Å². The van der Waals surface area contributed by atoms with Crippen LogP contribution in [0, 0.1) is 5.92 Å². The van der Waals surface area contributed by atoms with Crippen molar-refractivity contribution in [2.75, 3.05) is 17.2 Å². The highest BCUT2D eigenvalue weighted by molar-refractivity contribution is 8.13. The number of amides is 1. The Morgan fingerprint density at radius 3 is 2.68 bits per heavy atom. The fourth-order valence-electron chi connectivity index (χ4n) is 2.40. The topological polar surface area (TPSA) is 46.6 Å². The number of hydrogen-bond donors (Lipinski definition) is 0. The first-order valence-electron chi connectivity index (χ1n) is 7.70. The molecule has 120 valence electrons. The van der Waals surface area contributed by atoms with Gasteiger partial charge in [-0.3, -0.25) is 9.59 Å². The van der Waals surface area contributed by atoms with E-state index < -0.39 is 0 Å². The van der Waals surface area contributed by atoms with E-state index in [1.54, 1.807) is 11.8 Å². The molecule has 0 bridgehead atoms. The molecule has 1 aromatic carbocycles. The second kappa shape index (κ2) is 7.68. The number of carbonyl (C=O) groups excluding carboxylic acids is 2. The Hall–Kier alpha value is -1.49. The molecule has 0 spiro atoms. The predicted octanol–water partition coefficient (Wildman–Crippen LogP) is 3.50. The van der Waals surface area contributed by atoms with Gasteiger partial charge in [-0.15, -0.1) is 0 Å². The molecule has 0 saturated carbocycles. The van der Waals surface area contributed by atoms with Crippen molar-refractivity contribution in [2.24, 2.45) is 5.92 Å². The van der Waals surface area contributed by atoms with E-state index in [1.807, 2.05) is 31.2 Å². The molecule has 4 nitrogen and oxygen atoms in total. The van der Waals surface area contributed by atoms with Crippen molar-refractivity contribution in [3.8, 4) is 5.75 Å². The highest BCUT2D eigenvalue weighted by atomic mass is 32.2. The number of anilines is 1. The molecular weight excluding hydrogens is 298 g/mol. The van der Waals surface area contributed by atoms with Gasteiger partial charge < -0.3 is 9.64 Å². The van der Waals surface area contributed by atoms with E-state index in [4.69, 9.17) is 4.74 Å². The van der Waals surface area contributed by atoms with E-state index in [2.05, 4.69) is 6.92 Å². The van der Waals surface area contributed by atoms with Crippen LogP contribution >= 0.6 is 11.8 Å². The number of benzene rings is 1. The zero-order valence-electron chi connectivity index (χ0n) is 13.4. The molecular formula is C17H23NO3S. The monoisotopic (exact) mass is 321 g/mol. The molecule has 2 atom stereocenters. The quantitative estimate of drug-likeness (QED) is 0.804. The second-order valence-corrected chi connectivity index (χ2v) is 6.90. The third-order valence-electron chi connectivity index (χ3n) is 3.79. The number of nitrogens with zero attached hydrogens (tertiary/aromatic N) is 1. The molecule has 0 aliphatic carbocycles. The minimum absolute atomic E-state index is 0.109. The van der Waals surface area contributed by atoms with Crippen LogP contribution in [-0.2, 0) is 9.59 Å². The predicted molar refractivity (Wildman–Crippen MR) is 90.4 cm³/mol. The summed E-state index contributed by atoms with van der Waals surface area (Å²) in [5.41, 5.74) is 0.900. The van der Waals surface area contributed by atoms with Crippen LogP contribution in [0.2, 0.25) is 0 Å².